The monoisotopic (exact) mass is 242 g/mol. The van der Waals surface area contributed by atoms with Crippen LogP contribution in [0.3, 0.4) is 0 Å². The van der Waals surface area contributed by atoms with Crippen LogP contribution in [0.1, 0.15) is 6.42 Å². The highest BCUT2D eigenvalue weighted by molar-refractivity contribution is 6.30. The number of amides is 1. The van der Waals surface area contributed by atoms with Crippen LogP contribution >= 0.6 is 11.6 Å². The Morgan fingerprint density at radius 1 is 1.50 bits per heavy atom. The molecule has 0 heterocycles. The summed E-state index contributed by atoms with van der Waals surface area (Å²) in [6.07, 6.45) is -0.410. The van der Waals surface area contributed by atoms with E-state index in [-0.39, 0.29) is 0 Å². The van der Waals surface area contributed by atoms with Gasteiger partial charge in [-0.25, -0.2) is 0 Å². The molecule has 1 aromatic rings. The summed E-state index contributed by atoms with van der Waals surface area (Å²) < 4.78 is 0. The first kappa shape index (κ1) is 12.5. The van der Waals surface area contributed by atoms with E-state index in [1.807, 2.05) is 0 Å². The van der Waals surface area contributed by atoms with Gasteiger partial charge in [0.05, 0.1) is 12.5 Å². The van der Waals surface area contributed by atoms with Crippen molar-refractivity contribution in [2.45, 2.75) is 12.5 Å². The standard InChI is InChI=1S/C10H11ClN2O3/c11-6-2-1-3-7(4-6)13-10(16)8(12)5-9(14)15/h1-4,8H,5,12H2,(H,13,16)(H,14,15). The maximum absolute atomic E-state index is 11.4. The zero-order chi connectivity index (χ0) is 12.1. The van der Waals surface area contributed by atoms with Crippen molar-refractivity contribution in [3.8, 4) is 0 Å². The van der Waals surface area contributed by atoms with Crippen LogP contribution in [0.5, 0.6) is 0 Å². The third-order valence-electron chi connectivity index (χ3n) is 1.82. The number of carboxylic acids is 1. The Labute approximate surface area is 97.2 Å². The van der Waals surface area contributed by atoms with Crippen molar-refractivity contribution in [3.63, 3.8) is 0 Å². The predicted molar refractivity (Wildman–Crippen MR) is 60.3 cm³/mol. The van der Waals surface area contributed by atoms with Crippen molar-refractivity contribution in [3.05, 3.63) is 29.3 Å². The number of benzene rings is 1. The lowest BCUT2D eigenvalue weighted by Crippen LogP contribution is -2.37. The maximum Gasteiger partial charge on any atom is 0.305 e. The highest BCUT2D eigenvalue weighted by Crippen LogP contribution is 2.14. The Morgan fingerprint density at radius 3 is 2.75 bits per heavy atom. The van der Waals surface area contributed by atoms with Gasteiger partial charge in [0.2, 0.25) is 5.91 Å². The number of carbonyl (C=O) groups is 2. The van der Waals surface area contributed by atoms with Crippen molar-refractivity contribution in [1.82, 2.24) is 0 Å². The third kappa shape index (κ3) is 3.88. The van der Waals surface area contributed by atoms with Crippen LogP contribution in [0.25, 0.3) is 0 Å². The fraction of sp³-hybridized carbons (Fsp3) is 0.200. The first-order valence-electron chi connectivity index (χ1n) is 4.53. The van der Waals surface area contributed by atoms with Gasteiger partial charge < -0.3 is 16.2 Å². The molecule has 0 radical (unpaired) electrons. The van der Waals surface area contributed by atoms with E-state index in [1.165, 1.54) is 0 Å². The Balaban J connectivity index is 2.60. The second-order valence-corrected chi connectivity index (χ2v) is 3.64. The maximum atomic E-state index is 11.4. The summed E-state index contributed by atoms with van der Waals surface area (Å²) in [5.74, 6) is -1.67. The predicted octanol–water partition coefficient (Wildman–Crippen LogP) is 1.08. The second kappa shape index (κ2) is 5.48. The SMILES string of the molecule is NC(CC(=O)O)C(=O)Nc1cccc(Cl)c1. The topological polar surface area (TPSA) is 92.4 Å². The Hall–Kier alpha value is -1.59. The van der Waals surface area contributed by atoms with E-state index >= 15 is 0 Å². The van der Waals surface area contributed by atoms with Gasteiger partial charge in [-0.1, -0.05) is 17.7 Å². The van der Waals surface area contributed by atoms with Gasteiger partial charge in [-0.05, 0) is 18.2 Å². The molecular weight excluding hydrogens is 232 g/mol. The van der Waals surface area contributed by atoms with Crippen LogP contribution in [0.2, 0.25) is 5.02 Å². The molecule has 0 saturated carbocycles. The molecule has 1 unspecified atom stereocenters. The van der Waals surface area contributed by atoms with E-state index in [4.69, 9.17) is 22.4 Å². The molecule has 1 aromatic carbocycles. The average Bonchev–Trinajstić information content (AvgIpc) is 2.16. The summed E-state index contributed by atoms with van der Waals surface area (Å²) in [7, 11) is 0. The quantitative estimate of drug-likeness (QED) is 0.737. The van der Waals surface area contributed by atoms with Crippen molar-refractivity contribution < 1.29 is 14.7 Å². The van der Waals surface area contributed by atoms with Crippen LogP contribution in [0.15, 0.2) is 24.3 Å². The van der Waals surface area contributed by atoms with Crippen LogP contribution < -0.4 is 11.1 Å². The third-order valence-corrected chi connectivity index (χ3v) is 2.06. The zero-order valence-electron chi connectivity index (χ0n) is 8.31. The molecular formula is C10H11ClN2O3. The summed E-state index contributed by atoms with van der Waals surface area (Å²) >= 11 is 5.72. The van der Waals surface area contributed by atoms with Gasteiger partial charge in [0.25, 0.3) is 0 Å². The first-order valence-corrected chi connectivity index (χ1v) is 4.90. The number of carbonyl (C=O) groups excluding carboxylic acids is 1. The molecule has 1 rings (SSSR count). The summed E-state index contributed by atoms with van der Waals surface area (Å²) in [6.45, 7) is 0. The molecule has 0 fully saturated rings. The summed E-state index contributed by atoms with van der Waals surface area (Å²) in [5, 5.41) is 11.4. The zero-order valence-corrected chi connectivity index (χ0v) is 9.07. The fourth-order valence-corrected chi connectivity index (χ4v) is 1.27. The molecule has 0 bridgehead atoms. The number of anilines is 1. The second-order valence-electron chi connectivity index (χ2n) is 3.20. The molecule has 0 aliphatic carbocycles. The van der Waals surface area contributed by atoms with Crippen molar-refractivity contribution in [2.75, 3.05) is 5.32 Å². The van der Waals surface area contributed by atoms with Gasteiger partial charge in [-0.15, -0.1) is 0 Å². The number of halogens is 1. The molecule has 5 nitrogen and oxygen atoms in total. The fourth-order valence-electron chi connectivity index (χ4n) is 1.08. The lowest BCUT2D eigenvalue weighted by molar-refractivity contribution is -0.138. The number of nitrogens with one attached hydrogen (secondary N) is 1. The normalized spacial score (nSPS) is 11.9. The number of aliphatic carboxylic acids is 1. The molecule has 1 atom stereocenters. The molecule has 1 amide bonds. The van der Waals surface area contributed by atoms with Crippen LogP contribution in [0.4, 0.5) is 5.69 Å². The minimum atomic E-state index is -1.12. The summed E-state index contributed by atoms with van der Waals surface area (Å²) in [4.78, 5) is 21.8. The van der Waals surface area contributed by atoms with Crippen molar-refractivity contribution in [2.24, 2.45) is 5.73 Å². The van der Waals surface area contributed by atoms with Gasteiger partial charge >= 0.3 is 5.97 Å². The highest BCUT2D eigenvalue weighted by atomic mass is 35.5. The summed E-state index contributed by atoms with van der Waals surface area (Å²) in [5.41, 5.74) is 5.86. The van der Waals surface area contributed by atoms with Gasteiger partial charge in [0.1, 0.15) is 0 Å². The Bertz CT molecular complexity index is 409. The molecule has 16 heavy (non-hydrogen) atoms. The van der Waals surface area contributed by atoms with E-state index < -0.39 is 24.3 Å². The number of hydrogen-bond acceptors (Lipinski definition) is 3. The van der Waals surface area contributed by atoms with E-state index in [9.17, 15) is 9.59 Å². The van der Waals surface area contributed by atoms with E-state index in [1.54, 1.807) is 24.3 Å². The number of hydrogen-bond donors (Lipinski definition) is 3. The largest absolute Gasteiger partial charge is 0.481 e. The number of nitrogens with two attached hydrogens (primary N) is 1. The van der Waals surface area contributed by atoms with Gasteiger partial charge in [0, 0.05) is 10.7 Å². The van der Waals surface area contributed by atoms with Crippen LogP contribution in [0, 0.1) is 0 Å². The van der Waals surface area contributed by atoms with Gasteiger partial charge in [-0.3, -0.25) is 9.59 Å². The minimum Gasteiger partial charge on any atom is -0.481 e. The van der Waals surface area contributed by atoms with Crippen LogP contribution in [-0.2, 0) is 9.59 Å². The van der Waals surface area contributed by atoms with E-state index in [2.05, 4.69) is 5.32 Å². The first-order chi connectivity index (χ1) is 7.49. The van der Waals surface area contributed by atoms with Crippen molar-refractivity contribution >= 4 is 29.2 Å². The smallest absolute Gasteiger partial charge is 0.305 e. The summed E-state index contributed by atoms with van der Waals surface area (Å²) in [6, 6.07) is 5.44. The molecule has 0 aromatic heterocycles. The molecule has 0 saturated heterocycles. The Morgan fingerprint density at radius 2 is 2.19 bits per heavy atom. The average molecular weight is 243 g/mol. The Kier molecular flexibility index (Phi) is 4.28. The molecule has 0 spiro atoms. The minimum absolute atomic E-state index is 0.410. The van der Waals surface area contributed by atoms with Crippen molar-refractivity contribution in [1.29, 1.82) is 0 Å². The lowest BCUT2D eigenvalue weighted by atomic mass is 10.2. The van der Waals surface area contributed by atoms with Gasteiger partial charge in [-0.2, -0.15) is 0 Å². The number of carboxylic acid groups (broad SMARTS) is 1. The lowest BCUT2D eigenvalue weighted by Gasteiger charge is -2.10. The molecule has 6 heteroatoms. The van der Waals surface area contributed by atoms with Gasteiger partial charge in [0.15, 0.2) is 0 Å². The molecule has 4 N–H and O–H groups in total. The molecule has 86 valence electrons. The van der Waals surface area contributed by atoms with E-state index in [0.29, 0.717) is 10.7 Å². The highest BCUT2D eigenvalue weighted by Gasteiger charge is 2.16. The van der Waals surface area contributed by atoms with Crippen LogP contribution in [-0.4, -0.2) is 23.0 Å². The molecule has 0 aliphatic heterocycles. The molecule has 0 aliphatic rings. The number of rotatable bonds is 4. The van der Waals surface area contributed by atoms with E-state index in [0.717, 1.165) is 0 Å².